The van der Waals surface area contributed by atoms with Gasteiger partial charge in [-0.05, 0) is 44.4 Å². The van der Waals surface area contributed by atoms with E-state index >= 15 is 0 Å². The minimum atomic E-state index is -4.47. The average molecular weight is 385 g/mol. The van der Waals surface area contributed by atoms with Gasteiger partial charge in [-0.1, -0.05) is 13.0 Å². The molecule has 0 aromatic heterocycles. The summed E-state index contributed by atoms with van der Waals surface area (Å²) >= 11 is 0. The number of rotatable bonds is 6. The molecule has 0 spiro atoms. The third-order valence-corrected chi connectivity index (χ3v) is 4.85. The Morgan fingerprint density at radius 3 is 2.52 bits per heavy atom. The van der Waals surface area contributed by atoms with Gasteiger partial charge in [0.05, 0.1) is 5.56 Å². The number of hydrogen-bond acceptors (Lipinski definition) is 2. The Bertz CT molecular complexity index is 658. The van der Waals surface area contributed by atoms with Gasteiger partial charge >= 0.3 is 12.2 Å². The lowest BCUT2D eigenvalue weighted by molar-refractivity contribution is -0.137. The number of likely N-dealkylation sites (tertiary alicyclic amines) is 1. The summed E-state index contributed by atoms with van der Waals surface area (Å²) in [6, 6.07) is 3.89. The van der Waals surface area contributed by atoms with Gasteiger partial charge in [0.1, 0.15) is 0 Å². The van der Waals surface area contributed by atoms with Crippen molar-refractivity contribution in [2.24, 2.45) is 0 Å². The molecule has 0 radical (unpaired) electrons. The maximum absolute atomic E-state index is 12.8. The molecule has 0 aliphatic carbocycles. The Labute approximate surface area is 157 Å². The normalized spacial score (nSPS) is 15.5. The van der Waals surface area contributed by atoms with Crippen LogP contribution in [0.4, 0.5) is 23.7 Å². The van der Waals surface area contributed by atoms with Gasteiger partial charge in [0.25, 0.3) is 0 Å². The van der Waals surface area contributed by atoms with Crippen molar-refractivity contribution in [3.8, 4) is 0 Å². The lowest BCUT2D eigenvalue weighted by atomic mass is 10.2. The summed E-state index contributed by atoms with van der Waals surface area (Å²) in [5.74, 6) is 0.00710. The molecule has 0 bridgehead atoms. The van der Waals surface area contributed by atoms with Crippen LogP contribution in [0.5, 0.6) is 0 Å². The van der Waals surface area contributed by atoms with E-state index in [0.717, 1.165) is 38.1 Å². The Balaban J connectivity index is 2.03. The van der Waals surface area contributed by atoms with Crippen LogP contribution in [-0.4, -0.2) is 47.4 Å². The molecule has 1 aromatic carbocycles. The Morgan fingerprint density at radius 1 is 1.26 bits per heavy atom. The minimum absolute atomic E-state index is 0.00710. The molecule has 27 heavy (non-hydrogen) atoms. The SMILES string of the molecule is CCC(C)N(CCC(=O)N1CCCC1)C(=O)Nc1cccc(C(F)(F)F)c1. The second-order valence-corrected chi connectivity index (χ2v) is 6.80. The molecule has 1 aliphatic heterocycles. The van der Waals surface area contributed by atoms with Crippen molar-refractivity contribution in [3.63, 3.8) is 0 Å². The highest BCUT2D eigenvalue weighted by atomic mass is 19.4. The third-order valence-electron chi connectivity index (χ3n) is 4.85. The summed E-state index contributed by atoms with van der Waals surface area (Å²) in [5.41, 5.74) is -0.742. The topological polar surface area (TPSA) is 52.7 Å². The van der Waals surface area contributed by atoms with Gasteiger partial charge in [-0.3, -0.25) is 4.79 Å². The molecule has 0 saturated carbocycles. The van der Waals surface area contributed by atoms with Crippen LogP contribution >= 0.6 is 0 Å². The summed E-state index contributed by atoms with van der Waals surface area (Å²) in [6.45, 7) is 5.50. The summed E-state index contributed by atoms with van der Waals surface area (Å²) < 4.78 is 38.5. The molecule has 150 valence electrons. The highest BCUT2D eigenvalue weighted by Crippen LogP contribution is 2.30. The Hall–Kier alpha value is -2.25. The van der Waals surface area contributed by atoms with Gasteiger partial charge in [0.15, 0.2) is 0 Å². The van der Waals surface area contributed by atoms with Crippen molar-refractivity contribution < 1.29 is 22.8 Å². The molecule has 1 aliphatic rings. The molecule has 2 rings (SSSR count). The van der Waals surface area contributed by atoms with Crippen LogP contribution in [-0.2, 0) is 11.0 Å². The number of urea groups is 1. The zero-order chi connectivity index (χ0) is 20.0. The first-order chi connectivity index (χ1) is 12.7. The van der Waals surface area contributed by atoms with Crippen LogP contribution in [0.3, 0.4) is 0 Å². The summed E-state index contributed by atoms with van der Waals surface area (Å²) in [6.07, 6.45) is -1.60. The maximum atomic E-state index is 12.8. The number of anilines is 1. The first kappa shape index (κ1) is 21.1. The molecule has 8 heteroatoms. The number of amides is 3. The van der Waals surface area contributed by atoms with Crippen LogP contribution in [0.1, 0.15) is 45.1 Å². The second kappa shape index (κ2) is 9.10. The molecule has 1 fully saturated rings. The highest BCUT2D eigenvalue weighted by molar-refractivity contribution is 5.90. The average Bonchev–Trinajstić information content (AvgIpc) is 3.15. The standard InChI is InChI=1S/C19H26F3N3O2/c1-3-14(2)25(12-9-17(26)24-10-4-5-11-24)18(27)23-16-8-6-7-15(13-16)19(20,21)22/h6-8,13-14H,3-5,9-12H2,1-2H3,(H,23,27). The predicted molar refractivity (Wildman–Crippen MR) is 97.4 cm³/mol. The molecule has 1 aromatic rings. The number of hydrogen-bond donors (Lipinski definition) is 1. The molecule has 1 unspecified atom stereocenters. The lowest BCUT2D eigenvalue weighted by Gasteiger charge is -2.29. The fraction of sp³-hybridized carbons (Fsp3) is 0.579. The van der Waals surface area contributed by atoms with Crippen molar-refractivity contribution in [3.05, 3.63) is 29.8 Å². The minimum Gasteiger partial charge on any atom is -0.343 e. The van der Waals surface area contributed by atoms with Gasteiger partial charge in [0.2, 0.25) is 5.91 Å². The highest BCUT2D eigenvalue weighted by Gasteiger charge is 2.31. The van der Waals surface area contributed by atoms with Gasteiger partial charge in [0, 0.05) is 37.8 Å². The smallest absolute Gasteiger partial charge is 0.343 e. The number of carbonyl (C=O) groups excluding carboxylic acids is 2. The van der Waals surface area contributed by atoms with E-state index in [1.54, 1.807) is 4.90 Å². The van der Waals surface area contributed by atoms with Crippen molar-refractivity contribution in [1.82, 2.24) is 9.80 Å². The van der Waals surface area contributed by atoms with Gasteiger partial charge < -0.3 is 15.1 Å². The maximum Gasteiger partial charge on any atom is 0.416 e. The third kappa shape index (κ3) is 5.87. The quantitative estimate of drug-likeness (QED) is 0.792. The fourth-order valence-corrected chi connectivity index (χ4v) is 3.05. The zero-order valence-electron chi connectivity index (χ0n) is 15.7. The molecule has 1 saturated heterocycles. The van der Waals surface area contributed by atoms with E-state index in [1.807, 2.05) is 13.8 Å². The summed E-state index contributed by atoms with van der Waals surface area (Å²) in [5, 5.41) is 2.53. The fourth-order valence-electron chi connectivity index (χ4n) is 3.05. The Kier molecular flexibility index (Phi) is 7.10. The number of alkyl halides is 3. The van der Waals surface area contributed by atoms with Crippen LogP contribution in [0.2, 0.25) is 0 Å². The van der Waals surface area contributed by atoms with E-state index in [9.17, 15) is 22.8 Å². The zero-order valence-corrected chi connectivity index (χ0v) is 15.7. The molecular formula is C19H26F3N3O2. The van der Waals surface area contributed by atoms with E-state index in [0.29, 0.717) is 6.42 Å². The number of nitrogens with zero attached hydrogens (tertiary/aromatic N) is 2. The second-order valence-electron chi connectivity index (χ2n) is 6.80. The van der Waals surface area contributed by atoms with Gasteiger partial charge in [-0.15, -0.1) is 0 Å². The Morgan fingerprint density at radius 2 is 1.93 bits per heavy atom. The number of carbonyl (C=O) groups is 2. The first-order valence-corrected chi connectivity index (χ1v) is 9.25. The van der Waals surface area contributed by atoms with Crippen LogP contribution in [0, 0.1) is 0 Å². The van der Waals surface area contributed by atoms with Crippen molar-refractivity contribution in [1.29, 1.82) is 0 Å². The van der Waals surface area contributed by atoms with Crippen molar-refractivity contribution >= 4 is 17.6 Å². The van der Waals surface area contributed by atoms with E-state index in [1.165, 1.54) is 17.0 Å². The largest absolute Gasteiger partial charge is 0.416 e. The van der Waals surface area contributed by atoms with E-state index in [-0.39, 0.29) is 30.6 Å². The van der Waals surface area contributed by atoms with Crippen LogP contribution in [0.15, 0.2) is 24.3 Å². The van der Waals surface area contributed by atoms with E-state index < -0.39 is 17.8 Å². The number of nitrogens with one attached hydrogen (secondary N) is 1. The van der Waals surface area contributed by atoms with E-state index in [2.05, 4.69) is 5.32 Å². The monoisotopic (exact) mass is 385 g/mol. The number of halogens is 3. The predicted octanol–water partition coefficient (Wildman–Crippen LogP) is 4.35. The van der Waals surface area contributed by atoms with Crippen molar-refractivity contribution in [2.75, 3.05) is 25.0 Å². The van der Waals surface area contributed by atoms with Crippen LogP contribution < -0.4 is 5.32 Å². The number of benzene rings is 1. The summed E-state index contributed by atoms with van der Waals surface area (Å²) in [7, 11) is 0. The lowest BCUT2D eigenvalue weighted by Crippen LogP contribution is -2.43. The van der Waals surface area contributed by atoms with Crippen molar-refractivity contribution in [2.45, 2.75) is 51.7 Å². The van der Waals surface area contributed by atoms with Gasteiger partial charge in [-0.2, -0.15) is 13.2 Å². The molecule has 1 heterocycles. The molecule has 1 N–H and O–H groups in total. The summed E-state index contributed by atoms with van der Waals surface area (Å²) in [4.78, 5) is 28.2. The van der Waals surface area contributed by atoms with Gasteiger partial charge in [-0.25, -0.2) is 4.79 Å². The molecule has 5 nitrogen and oxygen atoms in total. The van der Waals surface area contributed by atoms with E-state index in [4.69, 9.17) is 0 Å². The van der Waals surface area contributed by atoms with Crippen LogP contribution in [0.25, 0.3) is 0 Å². The molecule has 3 amide bonds. The molecular weight excluding hydrogens is 359 g/mol. The first-order valence-electron chi connectivity index (χ1n) is 9.25. The molecule has 1 atom stereocenters.